The van der Waals surface area contributed by atoms with E-state index in [4.69, 9.17) is 24.2 Å². The van der Waals surface area contributed by atoms with Crippen LogP contribution in [-0.2, 0) is 9.53 Å². The number of carbonyl (C=O) groups is 1. The number of hydrogen-bond acceptors (Lipinski definition) is 6. The van der Waals surface area contributed by atoms with Crippen molar-refractivity contribution >= 4 is 27.5 Å². The van der Waals surface area contributed by atoms with Crippen molar-refractivity contribution < 1.29 is 23.7 Å². The number of halogens is 1. The number of carbonyl (C=O) groups excluding carboxylic acids is 1. The van der Waals surface area contributed by atoms with Crippen molar-refractivity contribution in [2.24, 2.45) is 0 Å². The minimum absolute atomic E-state index is 0.0755. The Labute approximate surface area is 190 Å². The van der Waals surface area contributed by atoms with E-state index in [-0.39, 0.29) is 18.6 Å². The minimum Gasteiger partial charge on any atom is -0.490 e. The monoisotopic (exact) mass is 488 g/mol. The fraction of sp³-hybridized carbons (Fsp3) is 0.391. The summed E-state index contributed by atoms with van der Waals surface area (Å²) in [5.74, 6) is 1.01. The number of ether oxygens (including phenoxy) is 4. The highest BCUT2D eigenvalue weighted by atomic mass is 79.9. The number of nitriles is 1. The van der Waals surface area contributed by atoms with Crippen molar-refractivity contribution in [2.45, 2.75) is 32.3 Å². The Hall–Kier alpha value is -2.76. The van der Waals surface area contributed by atoms with Crippen molar-refractivity contribution in [3.8, 4) is 23.3 Å². The summed E-state index contributed by atoms with van der Waals surface area (Å²) in [6, 6.07) is 12.5. The minimum atomic E-state index is -0.344. The maximum atomic E-state index is 12.5. The summed E-state index contributed by atoms with van der Waals surface area (Å²) in [6.07, 6.45) is 3.28. The number of hydrogen-bond donors (Lipinski definition) is 1. The Morgan fingerprint density at radius 3 is 2.81 bits per heavy atom. The van der Waals surface area contributed by atoms with Gasteiger partial charge in [-0.15, -0.1) is 0 Å². The van der Waals surface area contributed by atoms with E-state index >= 15 is 0 Å². The lowest BCUT2D eigenvalue weighted by molar-refractivity contribution is -0.118. The molecule has 1 heterocycles. The molecule has 0 radical (unpaired) electrons. The van der Waals surface area contributed by atoms with E-state index in [2.05, 4.69) is 27.3 Å². The normalized spacial score (nSPS) is 15.6. The summed E-state index contributed by atoms with van der Waals surface area (Å²) in [7, 11) is 0. The van der Waals surface area contributed by atoms with Crippen LogP contribution in [0.5, 0.6) is 17.2 Å². The number of rotatable bonds is 9. The first-order valence-corrected chi connectivity index (χ1v) is 11.0. The van der Waals surface area contributed by atoms with E-state index in [0.29, 0.717) is 46.2 Å². The van der Waals surface area contributed by atoms with Gasteiger partial charge in [-0.3, -0.25) is 4.79 Å². The molecule has 2 aromatic rings. The van der Waals surface area contributed by atoms with E-state index in [1.54, 1.807) is 18.2 Å². The van der Waals surface area contributed by atoms with Crippen LogP contribution in [0.4, 0.5) is 5.69 Å². The summed E-state index contributed by atoms with van der Waals surface area (Å²) in [5, 5.41) is 12.0. The van der Waals surface area contributed by atoms with Gasteiger partial charge < -0.3 is 24.3 Å². The molecule has 1 aliphatic rings. The van der Waals surface area contributed by atoms with Gasteiger partial charge in [-0.05, 0) is 60.3 Å². The Bertz CT molecular complexity index is 938. The molecule has 1 atom stereocenters. The topological polar surface area (TPSA) is 89.8 Å². The molecule has 164 valence electrons. The third-order valence-electron chi connectivity index (χ3n) is 4.65. The molecule has 8 heteroatoms. The molecule has 1 fully saturated rings. The van der Waals surface area contributed by atoms with E-state index in [1.165, 1.54) is 0 Å². The third-order valence-corrected chi connectivity index (χ3v) is 5.23. The largest absolute Gasteiger partial charge is 0.490 e. The maximum absolute atomic E-state index is 12.5. The van der Waals surface area contributed by atoms with E-state index < -0.39 is 0 Å². The second-order valence-corrected chi connectivity index (χ2v) is 7.82. The predicted molar refractivity (Wildman–Crippen MR) is 120 cm³/mol. The van der Waals surface area contributed by atoms with Gasteiger partial charge >= 0.3 is 0 Å². The maximum Gasteiger partial charge on any atom is 0.262 e. The molecule has 0 spiro atoms. The SMILES string of the molecule is CCOc1cc(C#N)cc(Br)c1OCC(=O)Nc1ccccc1OCC1CCCCO1. The summed E-state index contributed by atoms with van der Waals surface area (Å²) >= 11 is 3.38. The number of anilines is 1. The highest BCUT2D eigenvalue weighted by molar-refractivity contribution is 9.10. The van der Waals surface area contributed by atoms with Crippen LogP contribution in [0.25, 0.3) is 0 Å². The van der Waals surface area contributed by atoms with Crippen molar-refractivity contribution in [1.29, 1.82) is 5.26 Å². The van der Waals surface area contributed by atoms with Crippen molar-refractivity contribution in [3.05, 3.63) is 46.4 Å². The first kappa shape index (κ1) is 22.9. The quantitative estimate of drug-likeness (QED) is 0.550. The first-order chi connectivity index (χ1) is 15.1. The molecule has 0 aliphatic carbocycles. The zero-order valence-corrected chi connectivity index (χ0v) is 18.9. The molecule has 0 saturated carbocycles. The molecule has 1 unspecified atom stereocenters. The van der Waals surface area contributed by atoms with E-state index in [9.17, 15) is 4.79 Å². The lowest BCUT2D eigenvalue weighted by Crippen LogP contribution is -2.26. The number of amides is 1. The lowest BCUT2D eigenvalue weighted by atomic mass is 10.1. The summed E-state index contributed by atoms with van der Waals surface area (Å²) in [6.45, 7) is 3.21. The van der Waals surface area contributed by atoms with Crippen molar-refractivity contribution in [3.63, 3.8) is 0 Å². The van der Waals surface area contributed by atoms with Gasteiger partial charge in [0.1, 0.15) is 12.4 Å². The zero-order valence-electron chi connectivity index (χ0n) is 17.4. The molecular weight excluding hydrogens is 464 g/mol. The summed E-state index contributed by atoms with van der Waals surface area (Å²) < 4.78 is 23.4. The average Bonchev–Trinajstić information content (AvgIpc) is 2.78. The molecule has 1 N–H and O–H groups in total. The van der Waals surface area contributed by atoms with Crippen LogP contribution in [0.15, 0.2) is 40.9 Å². The Morgan fingerprint density at radius 2 is 2.06 bits per heavy atom. The highest BCUT2D eigenvalue weighted by Crippen LogP contribution is 2.37. The van der Waals surface area contributed by atoms with Crippen molar-refractivity contribution in [2.75, 3.05) is 31.7 Å². The van der Waals surface area contributed by atoms with Gasteiger partial charge in [0, 0.05) is 12.7 Å². The van der Waals surface area contributed by atoms with Crippen LogP contribution in [0.3, 0.4) is 0 Å². The van der Waals surface area contributed by atoms with Gasteiger partial charge in [0.2, 0.25) is 0 Å². The third kappa shape index (κ3) is 6.61. The first-order valence-electron chi connectivity index (χ1n) is 10.2. The Balaban J connectivity index is 1.61. The predicted octanol–water partition coefficient (Wildman–Crippen LogP) is 4.68. The van der Waals surface area contributed by atoms with Gasteiger partial charge in [-0.2, -0.15) is 5.26 Å². The van der Waals surface area contributed by atoms with Crippen molar-refractivity contribution in [1.82, 2.24) is 0 Å². The van der Waals surface area contributed by atoms with Gasteiger partial charge in [0.25, 0.3) is 5.91 Å². The standard InChI is InChI=1S/C23H25BrN2O5/c1-2-28-21-12-16(13-25)11-18(24)23(21)31-15-22(27)26-19-8-3-4-9-20(19)30-14-17-7-5-6-10-29-17/h3-4,8-9,11-12,17H,2,5-7,10,14-15H2,1H3,(H,26,27). The van der Waals surface area contributed by atoms with Crippen LogP contribution < -0.4 is 19.5 Å². The number of benzene rings is 2. The summed E-state index contributed by atoms with van der Waals surface area (Å²) in [4.78, 5) is 12.5. The van der Waals surface area contributed by atoms with E-state index in [1.807, 2.05) is 25.1 Å². The molecule has 0 aromatic heterocycles. The highest BCUT2D eigenvalue weighted by Gasteiger charge is 2.17. The number of nitrogens with one attached hydrogen (secondary N) is 1. The molecule has 1 amide bonds. The fourth-order valence-corrected chi connectivity index (χ4v) is 3.73. The fourth-order valence-electron chi connectivity index (χ4n) is 3.18. The lowest BCUT2D eigenvalue weighted by Gasteiger charge is -2.23. The number of nitrogens with zero attached hydrogens (tertiary/aromatic N) is 1. The average molecular weight is 489 g/mol. The summed E-state index contributed by atoms with van der Waals surface area (Å²) in [5.41, 5.74) is 0.996. The second-order valence-electron chi connectivity index (χ2n) is 6.96. The van der Waals surface area contributed by atoms with Gasteiger partial charge in [-0.1, -0.05) is 12.1 Å². The van der Waals surface area contributed by atoms with Crippen LogP contribution in [0, 0.1) is 11.3 Å². The molecule has 31 heavy (non-hydrogen) atoms. The van der Waals surface area contributed by atoms with Crippen LogP contribution in [0.1, 0.15) is 31.7 Å². The van der Waals surface area contributed by atoms with Crippen LogP contribution in [0.2, 0.25) is 0 Å². The number of para-hydroxylation sites is 2. The molecule has 2 aromatic carbocycles. The molecular formula is C23H25BrN2O5. The zero-order chi connectivity index (χ0) is 22.1. The molecule has 1 aliphatic heterocycles. The molecule has 0 bridgehead atoms. The molecule has 3 rings (SSSR count). The van der Waals surface area contributed by atoms with Gasteiger partial charge in [-0.25, -0.2) is 0 Å². The second kappa shape index (κ2) is 11.6. The Kier molecular flexibility index (Phi) is 8.56. The van der Waals surface area contributed by atoms with Crippen LogP contribution in [-0.4, -0.2) is 38.4 Å². The smallest absolute Gasteiger partial charge is 0.262 e. The van der Waals surface area contributed by atoms with Gasteiger partial charge in [0.15, 0.2) is 18.1 Å². The van der Waals surface area contributed by atoms with E-state index in [0.717, 1.165) is 25.9 Å². The van der Waals surface area contributed by atoms with Gasteiger partial charge in [0.05, 0.1) is 34.5 Å². The van der Waals surface area contributed by atoms with Crippen LogP contribution >= 0.6 is 15.9 Å². The molecule has 7 nitrogen and oxygen atoms in total. The molecule has 1 saturated heterocycles. The Morgan fingerprint density at radius 1 is 1.23 bits per heavy atom.